The molecule has 66 valence electrons. The molecule has 3 unspecified atom stereocenters. The van der Waals surface area contributed by atoms with Crippen molar-refractivity contribution in [1.29, 1.82) is 0 Å². The molecule has 0 aliphatic heterocycles. The van der Waals surface area contributed by atoms with Gasteiger partial charge in [-0.15, -0.1) is 0 Å². The van der Waals surface area contributed by atoms with Gasteiger partial charge in [-0.25, -0.2) is 0 Å². The summed E-state index contributed by atoms with van der Waals surface area (Å²) in [4.78, 5) is 0. The minimum atomic E-state index is -0.240. The molecule has 0 aromatic carbocycles. The molecule has 0 saturated heterocycles. The van der Waals surface area contributed by atoms with Crippen molar-refractivity contribution in [2.45, 2.75) is 51.8 Å². The Labute approximate surface area is 69.0 Å². The third kappa shape index (κ3) is 2.80. The van der Waals surface area contributed by atoms with E-state index in [2.05, 4.69) is 12.2 Å². The monoisotopic (exact) mass is 157 g/mol. The number of hydrogen-bond acceptors (Lipinski definition) is 2. The summed E-state index contributed by atoms with van der Waals surface area (Å²) >= 11 is 0. The standard InChI is InChI=1S/C9H19NO/c1-6(8(3)11)10-7(2)9-4-5-9/h6-11H,4-5H2,1-3H3. The topological polar surface area (TPSA) is 32.3 Å². The second-order valence-electron chi connectivity index (χ2n) is 3.82. The van der Waals surface area contributed by atoms with E-state index in [1.807, 2.05) is 13.8 Å². The molecule has 1 aliphatic carbocycles. The van der Waals surface area contributed by atoms with Crippen molar-refractivity contribution in [2.75, 3.05) is 0 Å². The zero-order valence-corrected chi connectivity index (χ0v) is 7.67. The molecule has 0 radical (unpaired) electrons. The molecule has 0 heterocycles. The second-order valence-corrected chi connectivity index (χ2v) is 3.82. The summed E-state index contributed by atoms with van der Waals surface area (Å²) in [6.45, 7) is 6.07. The van der Waals surface area contributed by atoms with E-state index >= 15 is 0 Å². The Balaban J connectivity index is 2.17. The van der Waals surface area contributed by atoms with E-state index in [0.29, 0.717) is 6.04 Å². The fourth-order valence-corrected chi connectivity index (χ4v) is 1.29. The molecular formula is C9H19NO. The lowest BCUT2D eigenvalue weighted by atomic mass is 10.1. The molecule has 0 bridgehead atoms. The average Bonchev–Trinajstić information content (AvgIpc) is 2.67. The molecule has 0 spiro atoms. The first kappa shape index (κ1) is 9.01. The van der Waals surface area contributed by atoms with E-state index in [-0.39, 0.29) is 12.1 Å². The molecule has 2 N–H and O–H groups in total. The first-order valence-corrected chi connectivity index (χ1v) is 4.55. The maximum absolute atomic E-state index is 9.21. The van der Waals surface area contributed by atoms with E-state index < -0.39 is 0 Å². The zero-order valence-electron chi connectivity index (χ0n) is 7.67. The lowest BCUT2D eigenvalue weighted by molar-refractivity contribution is 0.145. The summed E-state index contributed by atoms with van der Waals surface area (Å²) in [5, 5.41) is 12.6. The van der Waals surface area contributed by atoms with Gasteiger partial charge in [0, 0.05) is 12.1 Å². The van der Waals surface area contributed by atoms with Crippen LogP contribution in [0.4, 0.5) is 0 Å². The second kappa shape index (κ2) is 3.55. The van der Waals surface area contributed by atoms with Crippen LogP contribution >= 0.6 is 0 Å². The highest BCUT2D eigenvalue weighted by Gasteiger charge is 2.28. The van der Waals surface area contributed by atoms with Gasteiger partial charge in [-0.1, -0.05) is 0 Å². The number of aliphatic hydroxyl groups is 1. The Kier molecular flexibility index (Phi) is 2.90. The summed E-state index contributed by atoms with van der Waals surface area (Å²) < 4.78 is 0. The summed E-state index contributed by atoms with van der Waals surface area (Å²) in [6.07, 6.45) is 2.48. The fraction of sp³-hybridized carbons (Fsp3) is 1.00. The Morgan fingerprint density at radius 3 is 2.18 bits per heavy atom. The molecule has 0 aromatic rings. The summed E-state index contributed by atoms with van der Waals surface area (Å²) in [6, 6.07) is 0.810. The first-order chi connectivity index (χ1) is 5.11. The van der Waals surface area contributed by atoms with Crippen LogP contribution in [0, 0.1) is 5.92 Å². The van der Waals surface area contributed by atoms with Gasteiger partial charge >= 0.3 is 0 Å². The highest BCUT2D eigenvalue weighted by molar-refractivity contribution is 4.85. The lowest BCUT2D eigenvalue weighted by Gasteiger charge is -2.21. The first-order valence-electron chi connectivity index (χ1n) is 4.55. The minimum absolute atomic E-state index is 0.227. The normalized spacial score (nSPS) is 26.2. The van der Waals surface area contributed by atoms with E-state index in [9.17, 15) is 5.11 Å². The molecule has 1 aliphatic rings. The number of hydrogen-bond donors (Lipinski definition) is 2. The Hall–Kier alpha value is -0.0800. The van der Waals surface area contributed by atoms with Crippen molar-refractivity contribution in [3.8, 4) is 0 Å². The van der Waals surface area contributed by atoms with Crippen molar-refractivity contribution in [1.82, 2.24) is 5.32 Å². The maximum atomic E-state index is 9.21. The van der Waals surface area contributed by atoms with Crippen LogP contribution in [0.25, 0.3) is 0 Å². The van der Waals surface area contributed by atoms with Crippen LogP contribution in [0.15, 0.2) is 0 Å². The molecule has 1 saturated carbocycles. The van der Waals surface area contributed by atoms with E-state index in [4.69, 9.17) is 0 Å². The number of nitrogens with one attached hydrogen (secondary N) is 1. The predicted octanol–water partition coefficient (Wildman–Crippen LogP) is 1.14. The zero-order chi connectivity index (χ0) is 8.43. The number of rotatable bonds is 4. The molecule has 3 atom stereocenters. The molecule has 1 fully saturated rings. The van der Waals surface area contributed by atoms with Crippen molar-refractivity contribution < 1.29 is 5.11 Å². The molecular weight excluding hydrogens is 138 g/mol. The van der Waals surface area contributed by atoms with Crippen molar-refractivity contribution in [3.63, 3.8) is 0 Å². The largest absolute Gasteiger partial charge is 0.392 e. The van der Waals surface area contributed by atoms with Gasteiger partial charge in [0.25, 0.3) is 0 Å². The Bertz CT molecular complexity index is 115. The van der Waals surface area contributed by atoms with Gasteiger partial charge in [0.15, 0.2) is 0 Å². The van der Waals surface area contributed by atoms with E-state index in [1.165, 1.54) is 12.8 Å². The molecule has 11 heavy (non-hydrogen) atoms. The molecule has 2 nitrogen and oxygen atoms in total. The Morgan fingerprint density at radius 1 is 1.27 bits per heavy atom. The van der Waals surface area contributed by atoms with E-state index in [0.717, 1.165) is 5.92 Å². The van der Waals surface area contributed by atoms with Gasteiger partial charge in [0.05, 0.1) is 6.10 Å². The molecule has 1 rings (SSSR count). The fourth-order valence-electron chi connectivity index (χ4n) is 1.29. The summed E-state index contributed by atoms with van der Waals surface area (Å²) in [5.41, 5.74) is 0. The van der Waals surface area contributed by atoms with Crippen molar-refractivity contribution in [2.24, 2.45) is 5.92 Å². The van der Waals surface area contributed by atoms with Crippen LogP contribution in [-0.4, -0.2) is 23.3 Å². The third-order valence-electron chi connectivity index (χ3n) is 2.58. The summed E-state index contributed by atoms with van der Waals surface area (Å²) in [5.74, 6) is 0.871. The molecule has 0 aromatic heterocycles. The quantitative estimate of drug-likeness (QED) is 0.641. The van der Waals surface area contributed by atoms with Crippen molar-refractivity contribution >= 4 is 0 Å². The SMILES string of the molecule is CC(O)C(C)NC(C)C1CC1. The van der Waals surface area contributed by atoms with Gasteiger partial charge < -0.3 is 10.4 Å². The highest BCUT2D eigenvalue weighted by Crippen LogP contribution is 2.32. The average molecular weight is 157 g/mol. The Morgan fingerprint density at radius 2 is 1.82 bits per heavy atom. The number of aliphatic hydroxyl groups excluding tert-OH is 1. The van der Waals surface area contributed by atoms with Gasteiger partial charge in [-0.2, -0.15) is 0 Å². The lowest BCUT2D eigenvalue weighted by Crippen LogP contribution is -2.42. The maximum Gasteiger partial charge on any atom is 0.0662 e. The molecule has 0 amide bonds. The minimum Gasteiger partial charge on any atom is -0.392 e. The van der Waals surface area contributed by atoms with Crippen LogP contribution in [-0.2, 0) is 0 Å². The van der Waals surface area contributed by atoms with Crippen LogP contribution in [0.3, 0.4) is 0 Å². The molecule has 2 heteroatoms. The smallest absolute Gasteiger partial charge is 0.0662 e. The van der Waals surface area contributed by atoms with Gasteiger partial charge in [-0.05, 0) is 39.5 Å². The predicted molar refractivity (Wildman–Crippen MR) is 46.5 cm³/mol. The third-order valence-corrected chi connectivity index (χ3v) is 2.58. The summed E-state index contributed by atoms with van der Waals surface area (Å²) in [7, 11) is 0. The van der Waals surface area contributed by atoms with Crippen LogP contribution < -0.4 is 5.32 Å². The van der Waals surface area contributed by atoms with Crippen LogP contribution in [0.5, 0.6) is 0 Å². The van der Waals surface area contributed by atoms with Gasteiger partial charge in [-0.3, -0.25) is 0 Å². The van der Waals surface area contributed by atoms with Gasteiger partial charge in [0.1, 0.15) is 0 Å². The van der Waals surface area contributed by atoms with Gasteiger partial charge in [0.2, 0.25) is 0 Å². The van der Waals surface area contributed by atoms with Crippen LogP contribution in [0.2, 0.25) is 0 Å². The van der Waals surface area contributed by atoms with E-state index in [1.54, 1.807) is 0 Å². The van der Waals surface area contributed by atoms with Crippen LogP contribution in [0.1, 0.15) is 33.6 Å². The highest BCUT2D eigenvalue weighted by atomic mass is 16.3. The van der Waals surface area contributed by atoms with Crippen molar-refractivity contribution in [3.05, 3.63) is 0 Å².